The van der Waals surface area contributed by atoms with Crippen molar-refractivity contribution in [3.05, 3.63) is 48.0 Å². The number of ether oxygens (including phenoxy) is 1. The molecule has 2 N–H and O–H groups in total. The minimum atomic E-state index is -0.0899. The molecule has 1 amide bonds. The van der Waals surface area contributed by atoms with Crippen LogP contribution in [0.15, 0.2) is 42.5 Å². The lowest BCUT2D eigenvalue weighted by Crippen LogP contribution is -2.36. The summed E-state index contributed by atoms with van der Waals surface area (Å²) in [7, 11) is 0. The number of rotatable bonds is 4. The molecule has 26 heavy (non-hydrogen) atoms. The number of anilines is 2. The first kappa shape index (κ1) is 16.8. The van der Waals surface area contributed by atoms with E-state index in [0.717, 1.165) is 52.9 Å². The van der Waals surface area contributed by atoms with E-state index < -0.39 is 0 Å². The number of benzene rings is 2. The van der Waals surface area contributed by atoms with Crippen LogP contribution in [0.3, 0.4) is 0 Å². The van der Waals surface area contributed by atoms with Gasteiger partial charge in [0.15, 0.2) is 5.13 Å². The normalized spacial score (nSPS) is 14.5. The summed E-state index contributed by atoms with van der Waals surface area (Å²) in [4.78, 5) is 19.2. The van der Waals surface area contributed by atoms with Gasteiger partial charge in [-0.15, -0.1) is 0 Å². The summed E-state index contributed by atoms with van der Waals surface area (Å²) in [5.41, 5.74) is 2.56. The predicted molar refractivity (Wildman–Crippen MR) is 103 cm³/mol. The highest BCUT2D eigenvalue weighted by Crippen LogP contribution is 2.31. The molecule has 4 rings (SSSR count). The first-order chi connectivity index (χ1) is 12.7. The fourth-order valence-electron chi connectivity index (χ4n) is 2.88. The number of fused-ring (bicyclic) bond motifs is 1. The van der Waals surface area contributed by atoms with Gasteiger partial charge in [0, 0.05) is 18.8 Å². The lowest BCUT2D eigenvalue weighted by atomic mass is 10.1. The number of nitrogens with zero attached hydrogens (tertiary/aromatic N) is 2. The lowest BCUT2D eigenvalue weighted by molar-refractivity contribution is -0.115. The Labute approximate surface area is 155 Å². The minimum absolute atomic E-state index is 0.0899. The third-order valence-corrected chi connectivity index (χ3v) is 5.32. The van der Waals surface area contributed by atoms with Gasteiger partial charge in [-0.2, -0.15) is 0 Å². The smallest absolute Gasteiger partial charge is 0.228 e. The summed E-state index contributed by atoms with van der Waals surface area (Å²) in [6.07, 6.45) is 0.264. The molecule has 2 aromatic carbocycles. The molecule has 0 aliphatic carbocycles. The number of aromatic hydroxyl groups is 1. The van der Waals surface area contributed by atoms with Crippen LogP contribution in [0, 0.1) is 0 Å². The molecule has 6 nitrogen and oxygen atoms in total. The number of amides is 1. The monoisotopic (exact) mass is 369 g/mol. The third-order valence-electron chi connectivity index (χ3n) is 4.24. The van der Waals surface area contributed by atoms with Gasteiger partial charge in [-0.05, 0) is 35.9 Å². The number of phenols is 1. The van der Waals surface area contributed by atoms with Crippen LogP contribution in [0.1, 0.15) is 5.56 Å². The van der Waals surface area contributed by atoms with Gasteiger partial charge in [0.2, 0.25) is 5.91 Å². The Kier molecular flexibility index (Phi) is 4.73. The van der Waals surface area contributed by atoms with Crippen molar-refractivity contribution in [1.82, 2.24) is 4.98 Å². The maximum atomic E-state index is 12.2. The number of nitrogens with one attached hydrogen (secondary N) is 1. The molecule has 0 spiro atoms. The molecule has 1 aromatic heterocycles. The van der Waals surface area contributed by atoms with Crippen LogP contribution in [-0.2, 0) is 16.0 Å². The van der Waals surface area contributed by atoms with E-state index in [9.17, 15) is 9.90 Å². The molecule has 2 heterocycles. The van der Waals surface area contributed by atoms with Crippen molar-refractivity contribution in [3.8, 4) is 5.75 Å². The van der Waals surface area contributed by atoms with Gasteiger partial charge in [-0.1, -0.05) is 23.5 Å². The average Bonchev–Trinajstić information content (AvgIpc) is 3.08. The Morgan fingerprint density at radius 3 is 2.73 bits per heavy atom. The van der Waals surface area contributed by atoms with E-state index in [1.807, 2.05) is 18.2 Å². The van der Waals surface area contributed by atoms with Crippen molar-refractivity contribution in [2.24, 2.45) is 0 Å². The zero-order valence-corrected chi connectivity index (χ0v) is 15.0. The summed E-state index contributed by atoms with van der Waals surface area (Å²) in [5, 5.41) is 13.2. The second-order valence-corrected chi connectivity index (χ2v) is 7.18. The number of phenolic OH excluding ortho intramolecular Hbond substituents is 1. The Hall–Kier alpha value is -2.64. The van der Waals surface area contributed by atoms with Crippen molar-refractivity contribution in [2.45, 2.75) is 6.42 Å². The number of thiazole rings is 1. The number of hydrogen-bond acceptors (Lipinski definition) is 6. The molecule has 3 aromatic rings. The molecule has 7 heteroatoms. The molecule has 0 atom stereocenters. The van der Waals surface area contributed by atoms with Crippen LogP contribution >= 0.6 is 11.3 Å². The van der Waals surface area contributed by atoms with Crippen molar-refractivity contribution in [1.29, 1.82) is 0 Å². The van der Waals surface area contributed by atoms with E-state index in [-0.39, 0.29) is 18.1 Å². The van der Waals surface area contributed by atoms with Crippen LogP contribution in [0.25, 0.3) is 10.2 Å². The van der Waals surface area contributed by atoms with Crippen LogP contribution in [0.2, 0.25) is 0 Å². The zero-order chi connectivity index (χ0) is 17.9. The van der Waals surface area contributed by atoms with Gasteiger partial charge in [-0.3, -0.25) is 4.79 Å². The van der Waals surface area contributed by atoms with Gasteiger partial charge >= 0.3 is 0 Å². The molecule has 0 unspecified atom stereocenters. The zero-order valence-electron chi connectivity index (χ0n) is 14.1. The van der Waals surface area contributed by atoms with E-state index in [1.165, 1.54) is 0 Å². The Bertz CT molecular complexity index is 917. The molecule has 1 saturated heterocycles. The highest BCUT2D eigenvalue weighted by molar-refractivity contribution is 7.22. The molecular weight excluding hydrogens is 350 g/mol. The number of morpholine rings is 1. The number of carbonyl (C=O) groups excluding carboxylic acids is 1. The summed E-state index contributed by atoms with van der Waals surface area (Å²) in [5.74, 6) is 0.105. The molecule has 1 aliphatic heterocycles. The van der Waals surface area contributed by atoms with Crippen LogP contribution < -0.4 is 10.2 Å². The van der Waals surface area contributed by atoms with Crippen molar-refractivity contribution in [2.75, 3.05) is 36.5 Å². The summed E-state index contributed by atoms with van der Waals surface area (Å²) >= 11 is 1.63. The number of aromatic nitrogens is 1. The predicted octanol–water partition coefficient (Wildman–Crippen LogP) is 3.02. The quantitative estimate of drug-likeness (QED) is 0.739. The standard InChI is InChI=1S/C19H19N3O3S/c23-15-4-1-13(2-5-15)11-18(24)20-14-3-6-16-17(12-14)26-19(21-16)22-7-9-25-10-8-22/h1-6,12,23H,7-11H2,(H,20,24). The maximum Gasteiger partial charge on any atom is 0.228 e. The number of hydrogen-bond donors (Lipinski definition) is 2. The highest BCUT2D eigenvalue weighted by atomic mass is 32.1. The number of carbonyl (C=O) groups is 1. The van der Waals surface area contributed by atoms with Crippen LogP contribution in [0.5, 0.6) is 5.75 Å². The minimum Gasteiger partial charge on any atom is -0.508 e. The van der Waals surface area contributed by atoms with E-state index in [0.29, 0.717) is 0 Å². The largest absolute Gasteiger partial charge is 0.508 e. The van der Waals surface area contributed by atoms with Crippen molar-refractivity contribution in [3.63, 3.8) is 0 Å². The van der Waals surface area contributed by atoms with Crippen molar-refractivity contribution < 1.29 is 14.6 Å². The first-order valence-corrected chi connectivity index (χ1v) is 9.30. The average molecular weight is 369 g/mol. The molecule has 1 fully saturated rings. The fraction of sp³-hybridized carbons (Fsp3) is 0.263. The first-order valence-electron chi connectivity index (χ1n) is 8.48. The van der Waals surface area contributed by atoms with Gasteiger partial charge in [-0.25, -0.2) is 4.98 Å². The van der Waals surface area contributed by atoms with E-state index >= 15 is 0 Å². The lowest BCUT2D eigenvalue weighted by Gasteiger charge is -2.25. The molecular formula is C19H19N3O3S. The summed E-state index contributed by atoms with van der Waals surface area (Å²) < 4.78 is 6.44. The van der Waals surface area contributed by atoms with Crippen LogP contribution in [0.4, 0.5) is 10.8 Å². The topological polar surface area (TPSA) is 74.7 Å². The summed E-state index contributed by atoms with van der Waals surface area (Å²) in [6.45, 7) is 3.18. The summed E-state index contributed by atoms with van der Waals surface area (Å²) in [6, 6.07) is 12.4. The molecule has 0 radical (unpaired) electrons. The van der Waals surface area contributed by atoms with Gasteiger partial charge in [0.25, 0.3) is 0 Å². The van der Waals surface area contributed by atoms with Gasteiger partial charge < -0.3 is 20.1 Å². The SMILES string of the molecule is O=C(Cc1ccc(O)cc1)Nc1ccc2nc(N3CCOCC3)sc2c1. The van der Waals surface area contributed by atoms with E-state index in [1.54, 1.807) is 35.6 Å². The van der Waals surface area contributed by atoms with E-state index in [4.69, 9.17) is 4.74 Å². The Morgan fingerprint density at radius 1 is 1.19 bits per heavy atom. The maximum absolute atomic E-state index is 12.2. The molecule has 134 valence electrons. The third kappa shape index (κ3) is 3.79. The fourth-order valence-corrected chi connectivity index (χ4v) is 3.94. The molecule has 1 aliphatic rings. The van der Waals surface area contributed by atoms with Crippen LogP contribution in [-0.4, -0.2) is 42.3 Å². The second-order valence-electron chi connectivity index (χ2n) is 6.17. The Balaban J connectivity index is 1.46. The highest BCUT2D eigenvalue weighted by Gasteiger charge is 2.15. The second kappa shape index (κ2) is 7.31. The van der Waals surface area contributed by atoms with Gasteiger partial charge in [0.05, 0.1) is 29.9 Å². The van der Waals surface area contributed by atoms with Gasteiger partial charge in [0.1, 0.15) is 5.75 Å². The Morgan fingerprint density at radius 2 is 1.96 bits per heavy atom. The molecule has 0 saturated carbocycles. The molecule has 0 bridgehead atoms. The van der Waals surface area contributed by atoms with Crippen molar-refractivity contribution >= 4 is 38.3 Å². The van der Waals surface area contributed by atoms with E-state index in [2.05, 4.69) is 15.2 Å².